The SMILES string of the molecule is CC(C)(C)C(=O)CN1C(=O)C(N)c2ccccc2-c2ccccc21. The van der Waals surface area contributed by atoms with Crippen LogP contribution >= 0.6 is 0 Å². The van der Waals surface area contributed by atoms with E-state index >= 15 is 0 Å². The van der Waals surface area contributed by atoms with Crippen molar-refractivity contribution in [2.75, 3.05) is 11.4 Å². The third-order valence-electron chi connectivity index (χ3n) is 4.45. The van der Waals surface area contributed by atoms with Gasteiger partial charge in [0.2, 0.25) is 5.91 Å². The zero-order chi connectivity index (χ0) is 17.5. The molecule has 124 valence electrons. The highest BCUT2D eigenvalue weighted by molar-refractivity contribution is 6.08. The highest BCUT2D eigenvalue weighted by atomic mass is 16.2. The normalized spacial score (nSPS) is 17.1. The third kappa shape index (κ3) is 2.74. The molecule has 4 heteroatoms. The van der Waals surface area contributed by atoms with E-state index < -0.39 is 11.5 Å². The number of nitrogens with two attached hydrogens (primary N) is 1. The summed E-state index contributed by atoms with van der Waals surface area (Å²) in [4.78, 5) is 27.1. The summed E-state index contributed by atoms with van der Waals surface area (Å²) in [6.45, 7) is 5.61. The van der Waals surface area contributed by atoms with Crippen LogP contribution in [-0.4, -0.2) is 18.2 Å². The predicted molar refractivity (Wildman–Crippen MR) is 95.6 cm³/mol. The standard InChI is InChI=1S/C20H22N2O2/c1-20(2,3)17(23)12-22-16-11-7-6-9-14(16)13-8-4-5-10-15(13)18(21)19(22)24/h4-11,18H,12,21H2,1-3H3. The molecule has 0 bridgehead atoms. The minimum atomic E-state index is -0.777. The van der Waals surface area contributed by atoms with Crippen LogP contribution in [0.1, 0.15) is 32.4 Å². The molecule has 1 heterocycles. The van der Waals surface area contributed by atoms with Gasteiger partial charge in [-0.1, -0.05) is 63.2 Å². The van der Waals surface area contributed by atoms with Crippen molar-refractivity contribution in [2.45, 2.75) is 26.8 Å². The second-order valence-electron chi connectivity index (χ2n) is 7.18. The van der Waals surface area contributed by atoms with E-state index in [1.54, 1.807) is 0 Å². The largest absolute Gasteiger partial charge is 0.316 e. The Hall–Kier alpha value is -2.46. The van der Waals surface area contributed by atoms with E-state index in [9.17, 15) is 9.59 Å². The molecule has 0 fully saturated rings. The van der Waals surface area contributed by atoms with Crippen molar-refractivity contribution in [1.82, 2.24) is 0 Å². The van der Waals surface area contributed by atoms with Crippen LogP contribution in [0.5, 0.6) is 0 Å². The number of rotatable bonds is 2. The number of carbonyl (C=O) groups is 2. The maximum absolute atomic E-state index is 13.0. The Morgan fingerprint density at radius 1 is 1.04 bits per heavy atom. The van der Waals surface area contributed by atoms with Gasteiger partial charge in [0, 0.05) is 11.0 Å². The second-order valence-corrected chi connectivity index (χ2v) is 7.18. The lowest BCUT2D eigenvalue weighted by molar-refractivity contribution is -0.127. The number of amides is 1. The van der Waals surface area contributed by atoms with Crippen LogP contribution < -0.4 is 10.6 Å². The minimum Gasteiger partial charge on any atom is -0.316 e. The van der Waals surface area contributed by atoms with Gasteiger partial charge < -0.3 is 10.6 Å². The average molecular weight is 322 g/mol. The predicted octanol–water partition coefficient (Wildman–Crippen LogP) is 3.32. The van der Waals surface area contributed by atoms with Crippen molar-refractivity contribution < 1.29 is 9.59 Å². The summed E-state index contributed by atoms with van der Waals surface area (Å²) >= 11 is 0. The summed E-state index contributed by atoms with van der Waals surface area (Å²) in [5.41, 5.74) is 9.13. The van der Waals surface area contributed by atoms with Crippen molar-refractivity contribution in [1.29, 1.82) is 0 Å². The van der Waals surface area contributed by atoms with Gasteiger partial charge >= 0.3 is 0 Å². The first-order chi connectivity index (χ1) is 11.3. The van der Waals surface area contributed by atoms with E-state index in [1.807, 2.05) is 69.3 Å². The van der Waals surface area contributed by atoms with Crippen molar-refractivity contribution in [3.8, 4) is 11.1 Å². The van der Waals surface area contributed by atoms with Gasteiger partial charge in [0.05, 0.1) is 12.2 Å². The zero-order valence-electron chi connectivity index (χ0n) is 14.2. The number of benzene rings is 2. The molecule has 0 saturated carbocycles. The fraction of sp³-hybridized carbons (Fsp3) is 0.300. The molecule has 1 atom stereocenters. The fourth-order valence-corrected chi connectivity index (χ4v) is 2.91. The van der Waals surface area contributed by atoms with Gasteiger partial charge in [0.1, 0.15) is 6.04 Å². The molecule has 1 aliphatic heterocycles. The van der Waals surface area contributed by atoms with Crippen LogP contribution in [-0.2, 0) is 9.59 Å². The first-order valence-electron chi connectivity index (χ1n) is 8.09. The van der Waals surface area contributed by atoms with Gasteiger partial charge in [-0.05, 0) is 17.2 Å². The van der Waals surface area contributed by atoms with Gasteiger partial charge in [0.25, 0.3) is 0 Å². The number of anilines is 1. The van der Waals surface area contributed by atoms with Crippen molar-refractivity contribution in [3.63, 3.8) is 0 Å². The van der Waals surface area contributed by atoms with E-state index in [0.717, 1.165) is 22.4 Å². The number of fused-ring (bicyclic) bond motifs is 3. The number of nitrogens with zero attached hydrogens (tertiary/aromatic N) is 1. The Morgan fingerprint density at radius 3 is 2.29 bits per heavy atom. The Kier molecular flexibility index (Phi) is 4.01. The number of Topliss-reactive ketones (excluding diaryl/α,β-unsaturated/α-hetero) is 1. The molecule has 4 nitrogen and oxygen atoms in total. The van der Waals surface area contributed by atoms with Gasteiger partial charge in [-0.15, -0.1) is 0 Å². The maximum atomic E-state index is 13.0. The number of hydrogen-bond donors (Lipinski definition) is 1. The zero-order valence-corrected chi connectivity index (χ0v) is 14.2. The smallest absolute Gasteiger partial charge is 0.248 e. The molecule has 2 aromatic rings. The number of carbonyl (C=O) groups excluding carboxylic acids is 2. The third-order valence-corrected chi connectivity index (χ3v) is 4.45. The highest BCUT2D eigenvalue weighted by Crippen LogP contribution is 2.39. The molecular weight excluding hydrogens is 300 g/mol. The van der Waals surface area contributed by atoms with Gasteiger partial charge in [-0.2, -0.15) is 0 Å². The molecule has 1 amide bonds. The molecule has 2 aromatic carbocycles. The van der Waals surface area contributed by atoms with Crippen molar-refractivity contribution in [2.24, 2.45) is 11.1 Å². The lowest BCUT2D eigenvalue weighted by atomic mass is 9.90. The van der Waals surface area contributed by atoms with E-state index in [-0.39, 0.29) is 18.2 Å². The summed E-state index contributed by atoms with van der Waals surface area (Å²) in [7, 11) is 0. The van der Waals surface area contributed by atoms with Crippen LogP contribution in [0.25, 0.3) is 11.1 Å². The molecule has 24 heavy (non-hydrogen) atoms. The van der Waals surface area contributed by atoms with E-state index in [0.29, 0.717) is 0 Å². The molecule has 0 saturated heterocycles. The van der Waals surface area contributed by atoms with Crippen LogP contribution in [0.15, 0.2) is 48.5 Å². The minimum absolute atomic E-state index is 0.00353. The van der Waals surface area contributed by atoms with Gasteiger partial charge in [-0.3, -0.25) is 9.59 Å². The molecule has 3 rings (SSSR count). The first kappa shape index (κ1) is 16.4. The number of hydrogen-bond acceptors (Lipinski definition) is 3. The summed E-state index contributed by atoms with van der Waals surface area (Å²) in [5.74, 6) is -0.242. The molecule has 1 unspecified atom stereocenters. The Labute approximate surface area is 142 Å². The molecule has 0 spiro atoms. The second kappa shape index (κ2) is 5.87. The Balaban J connectivity index is 2.16. The summed E-state index contributed by atoms with van der Waals surface area (Å²) in [6, 6.07) is 14.5. The average Bonchev–Trinajstić information content (AvgIpc) is 2.64. The van der Waals surface area contributed by atoms with E-state index in [2.05, 4.69) is 0 Å². The molecule has 1 aliphatic rings. The quantitative estimate of drug-likeness (QED) is 0.922. The molecule has 0 aliphatic carbocycles. The maximum Gasteiger partial charge on any atom is 0.248 e. The number of ketones is 1. The Bertz CT molecular complexity index is 805. The van der Waals surface area contributed by atoms with Crippen molar-refractivity contribution >= 4 is 17.4 Å². The van der Waals surface area contributed by atoms with Crippen LogP contribution in [0.3, 0.4) is 0 Å². The van der Waals surface area contributed by atoms with E-state index in [1.165, 1.54) is 4.90 Å². The van der Waals surface area contributed by atoms with Gasteiger partial charge in [-0.25, -0.2) is 0 Å². The summed E-state index contributed by atoms with van der Waals surface area (Å²) in [6.07, 6.45) is 0. The fourth-order valence-electron chi connectivity index (χ4n) is 2.91. The molecule has 2 N–H and O–H groups in total. The monoisotopic (exact) mass is 322 g/mol. The Morgan fingerprint density at radius 2 is 1.62 bits per heavy atom. The molecular formula is C20H22N2O2. The van der Waals surface area contributed by atoms with Crippen molar-refractivity contribution in [3.05, 3.63) is 54.1 Å². The topological polar surface area (TPSA) is 63.4 Å². The highest BCUT2D eigenvalue weighted by Gasteiger charge is 2.34. The molecule has 0 aromatic heterocycles. The van der Waals surface area contributed by atoms with Crippen LogP contribution in [0.2, 0.25) is 0 Å². The summed E-state index contributed by atoms with van der Waals surface area (Å²) < 4.78 is 0. The van der Waals surface area contributed by atoms with Gasteiger partial charge in [0.15, 0.2) is 5.78 Å². The van der Waals surface area contributed by atoms with Crippen LogP contribution in [0.4, 0.5) is 5.69 Å². The lowest BCUT2D eigenvalue weighted by Gasteiger charge is -2.27. The summed E-state index contributed by atoms with van der Waals surface area (Å²) in [5, 5.41) is 0. The first-order valence-corrected chi connectivity index (χ1v) is 8.09. The van der Waals surface area contributed by atoms with Crippen LogP contribution in [0, 0.1) is 5.41 Å². The lowest BCUT2D eigenvalue weighted by Crippen LogP contribution is -2.43. The molecule has 0 radical (unpaired) electrons. The number of para-hydroxylation sites is 1. The van der Waals surface area contributed by atoms with E-state index in [4.69, 9.17) is 5.73 Å².